The quantitative estimate of drug-likeness (QED) is 0.150. The highest BCUT2D eigenvalue weighted by molar-refractivity contribution is 6.11. The minimum atomic E-state index is 1.10. The van der Waals surface area contributed by atoms with Gasteiger partial charge in [-0.05, 0) is 110 Å². The van der Waals surface area contributed by atoms with Crippen LogP contribution in [-0.2, 0) is 0 Å². The first-order chi connectivity index (χ1) is 29.7. The predicted molar refractivity (Wildman–Crippen MR) is 255 cm³/mol. The van der Waals surface area contributed by atoms with Gasteiger partial charge in [-0.2, -0.15) is 0 Å². The minimum absolute atomic E-state index is 1.10. The lowest BCUT2D eigenvalue weighted by atomic mass is 9.99. The Bertz CT molecular complexity index is 3270. The summed E-state index contributed by atoms with van der Waals surface area (Å²) < 4.78 is 2.45. The Kier molecular flexibility index (Phi) is 8.87. The lowest BCUT2D eigenvalue weighted by molar-refractivity contribution is 1.18. The Labute approximate surface area is 350 Å². The molecular formula is C58H40N2. The highest BCUT2D eigenvalue weighted by Crippen LogP contribution is 2.40. The Hall–Kier alpha value is -7.94. The smallest absolute Gasteiger partial charge is 0.0547 e. The van der Waals surface area contributed by atoms with Crippen molar-refractivity contribution >= 4 is 49.6 Å². The number of rotatable bonds is 8. The Balaban J connectivity index is 0.960. The van der Waals surface area contributed by atoms with Gasteiger partial charge in [-0.25, -0.2) is 0 Å². The monoisotopic (exact) mass is 764 g/mol. The second-order valence-corrected chi connectivity index (χ2v) is 15.4. The van der Waals surface area contributed by atoms with Crippen LogP contribution in [0.2, 0.25) is 0 Å². The van der Waals surface area contributed by atoms with Crippen LogP contribution >= 0.6 is 0 Å². The maximum atomic E-state index is 2.45. The third kappa shape index (κ3) is 6.41. The van der Waals surface area contributed by atoms with Crippen LogP contribution in [0.25, 0.3) is 82.8 Å². The Morgan fingerprint density at radius 2 is 0.733 bits per heavy atom. The lowest BCUT2D eigenvalue weighted by Crippen LogP contribution is -2.09. The molecule has 0 radical (unpaired) electrons. The van der Waals surface area contributed by atoms with Crippen molar-refractivity contribution in [1.82, 2.24) is 4.57 Å². The molecule has 0 atom stereocenters. The molecule has 2 nitrogen and oxygen atoms in total. The summed E-state index contributed by atoms with van der Waals surface area (Å²) in [6.07, 6.45) is 0. The molecule has 0 N–H and O–H groups in total. The molecule has 0 saturated carbocycles. The number of fused-ring (bicyclic) bond motifs is 4. The zero-order valence-corrected chi connectivity index (χ0v) is 33.0. The first kappa shape index (κ1) is 35.2. The fraction of sp³-hybridized carbons (Fsp3) is 0. The van der Waals surface area contributed by atoms with Crippen LogP contribution in [0, 0.1) is 0 Å². The highest BCUT2D eigenvalue weighted by atomic mass is 15.1. The van der Waals surface area contributed by atoms with Crippen LogP contribution in [0.15, 0.2) is 243 Å². The summed E-state index contributed by atoms with van der Waals surface area (Å²) in [6, 6.07) is 87.8. The molecule has 11 aromatic rings. The predicted octanol–water partition coefficient (Wildman–Crippen LogP) is 16.1. The largest absolute Gasteiger partial charge is 0.311 e. The molecule has 0 bridgehead atoms. The van der Waals surface area contributed by atoms with E-state index >= 15 is 0 Å². The van der Waals surface area contributed by atoms with Gasteiger partial charge >= 0.3 is 0 Å². The van der Waals surface area contributed by atoms with Crippen molar-refractivity contribution in [3.8, 4) is 50.2 Å². The minimum Gasteiger partial charge on any atom is -0.311 e. The molecule has 60 heavy (non-hydrogen) atoms. The van der Waals surface area contributed by atoms with Gasteiger partial charge in [-0.1, -0.05) is 182 Å². The lowest BCUT2D eigenvalue weighted by Gasteiger charge is -2.26. The van der Waals surface area contributed by atoms with Crippen LogP contribution in [0.5, 0.6) is 0 Å². The fourth-order valence-corrected chi connectivity index (χ4v) is 8.79. The second-order valence-electron chi connectivity index (χ2n) is 15.4. The van der Waals surface area contributed by atoms with Crippen molar-refractivity contribution in [2.45, 2.75) is 0 Å². The van der Waals surface area contributed by atoms with E-state index in [0.717, 1.165) is 28.3 Å². The summed E-state index contributed by atoms with van der Waals surface area (Å²) in [6.45, 7) is 0. The van der Waals surface area contributed by atoms with E-state index < -0.39 is 0 Å². The van der Waals surface area contributed by atoms with E-state index in [1.54, 1.807) is 0 Å². The molecule has 1 heterocycles. The molecule has 0 saturated heterocycles. The Morgan fingerprint density at radius 3 is 1.45 bits per heavy atom. The van der Waals surface area contributed by atoms with E-state index in [2.05, 4.69) is 252 Å². The van der Waals surface area contributed by atoms with E-state index in [1.165, 1.54) is 71.5 Å². The molecule has 1 aromatic heterocycles. The van der Waals surface area contributed by atoms with Crippen molar-refractivity contribution in [1.29, 1.82) is 0 Å². The van der Waals surface area contributed by atoms with Crippen molar-refractivity contribution in [3.05, 3.63) is 243 Å². The van der Waals surface area contributed by atoms with Crippen LogP contribution in [0.4, 0.5) is 17.1 Å². The fourth-order valence-electron chi connectivity index (χ4n) is 8.79. The first-order valence-corrected chi connectivity index (χ1v) is 20.6. The third-order valence-electron chi connectivity index (χ3n) is 11.8. The summed E-state index contributed by atoms with van der Waals surface area (Å²) in [4.78, 5) is 2.33. The van der Waals surface area contributed by atoms with E-state index in [1.807, 2.05) is 0 Å². The zero-order valence-electron chi connectivity index (χ0n) is 33.0. The maximum absolute atomic E-state index is 2.45. The van der Waals surface area contributed by atoms with Crippen LogP contribution in [0.1, 0.15) is 0 Å². The van der Waals surface area contributed by atoms with Gasteiger partial charge in [0.05, 0.1) is 16.7 Å². The Morgan fingerprint density at radius 1 is 0.267 bits per heavy atom. The number of benzene rings is 10. The molecule has 2 heteroatoms. The molecule has 0 aliphatic heterocycles. The number of hydrogen-bond acceptors (Lipinski definition) is 1. The molecule has 0 unspecified atom stereocenters. The van der Waals surface area contributed by atoms with Crippen LogP contribution in [0.3, 0.4) is 0 Å². The van der Waals surface area contributed by atoms with Crippen LogP contribution in [-0.4, -0.2) is 4.57 Å². The number of para-hydroxylation sites is 3. The molecule has 0 aliphatic carbocycles. The molecule has 10 aromatic carbocycles. The van der Waals surface area contributed by atoms with Gasteiger partial charge < -0.3 is 9.47 Å². The summed E-state index contributed by atoms with van der Waals surface area (Å²) >= 11 is 0. The molecule has 282 valence electrons. The number of hydrogen-bond donors (Lipinski definition) is 0. The molecular weight excluding hydrogens is 725 g/mol. The summed E-state index contributed by atoms with van der Waals surface area (Å²) in [5, 5.41) is 4.99. The topological polar surface area (TPSA) is 8.17 Å². The average molecular weight is 765 g/mol. The van der Waals surface area contributed by atoms with E-state index in [4.69, 9.17) is 0 Å². The number of nitrogens with zero attached hydrogens (tertiary/aromatic N) is 2. The molecule has 0 amide bonds. The zero-order chi connectivity index (χ0) is 39.8. The molecule has 11 rings (SSSR count). The second kappa shape index (κ2) is 15.1. The number of aromatic nitrogens is 1. The van der Waals surface area contributed by atoms with Gasteiger partial charge in [-0.15, -0.1) is 0 Å². The third-order valence-corrected chi connectivity index (χ3v) is 11.8. The van der Waals surface area contributed by atoms with Gasteiger partial charge in [0, 0.05) is 33.4 Å². The standard InChI is InChI=1S/C58H40N2/c1-3-13-41(14-4-1)43-23-25-44(26-24-43)45-29-34-51(35-30-45)59(50-17-5-2-6-18-50)52-36-31-46(32-37-52)53-19-9-11-21-56(53)60-57-22-12-10-20-54(57)55-38-33-49(40-58(55)60)48-28-27-42-15-7-8-16-47(42)39-48/h1-40H. The summed E-state index contributed by atoms with van der Waals surface area (Å²) in [5.74, 6) is 0. The van der Waals surface area contributed by atoms with Crippen molar-refractivity contribution in [2.75, 3.05) is 4.90 Å². The van der Waals surface area contributed by atoms with Crippen LogP contribution < -0.4 is 4.90 Å². The van der Waals surface area contributed by atoms with Gasteiger partial charge in [0.15, 0.2) is 0 Å². The van der Waals surface area contributed by atoms with Crippen molar-refractivity contribution in [2.24, 2.45) is 0 Å². The first-order valence-electron chi connectivity index (χ1n) is 20.6. The molecule has 0 aliphatic rings. The van der Waals surface area contributed by atoms with Gasteiger partial charge in [-0.3, -0.25) is 0 Å². The van der Waals surface area contributed by atoms with Crippen molar-refractivity contribution < 1.29 is 0 Å². The van der Waals surface area contributed by atoms with E-state index in [-0.39, 0.29) is 0 Å². The molecule has 0 spiro atoms. The summed E-state index contributed by atoms with van der Waals surface area (Å²) in [7, 11) is 0. The molecule has 0 fully saturated rings. The SMILES string of the molecule is c1ccc(-c2ccc(-c3ccc(N(c4ccccc4)c4ccc(-c5ccccc5-n5c6ccccc6c6ccc(-c7ccc8ccccc8c7)cc65)cc4)cc3)cc2)cc1. The van der Waals surface area contributed by atoms with E-state index in [0.29, 0.717) is 0 Å². The van der Waals surface area contributed by atoms with Gasteiger partial charge in [0.25, 0.3) is 0 Å². The van der Waals surface area contributed by atoms with E-state index in [9.17, 15) is 0 Å². The normalized spacial score (nSPS) is 11.3. The average Bonchev–Trinajstić information content (AvgIpc) is 3.66. The van der Waals surface area contributed by atoms with Gasteiger partial charge in [0.2, 0.25) is 0 Å². The van der Waals surface area contributed by atoms with Gasteiger partial charge in [0.1, 0.15) is 0 Å². The maximum Gasteiger partial charge on any atom is 0.0547 e. The number of anilines is 3. The van der Waals surface area contributed by atoms with Crippen molar-refractivity contribution in [3.63, 3.8) is 0 Å². The highest BCUT2D eigenvalue weighted by Gasteiger charge is 2.18. The summed E-state index contributed by atoms with van der Waals surface area (Å²) in [5.41, 5.74) is 16.4.